The number of rotatable bonds is 2. The van der Waals surface area contributed by atoms with Crippen molar-refractivity contribution >= 4 is 11.8 Å². The molecule has 5 heteroatoms. The number of piperazine rings is 1. The number of nitrogens with zero attached hydrogens (tertiary/aromatic N) is 2. The summed E-state index contributed by atoms with van der Waals surface area (Å²) in [6.45, 7) is 2.22. The molecule has 2 aromatic carbocycles. The van der Waals surface area contributed by atoms with Gasteiger partial charge in [0.25, 0.3) is 5.91 Å². The number of amides is 2. The molecular weight excluding hydrogens is 316 g/mol. The summed E-state index contributed by atoms with van der Waals surface area (Å²) in [5.74, 6) is 0.250. The van der Waals surface area contributed by atoms with Crippen LogP contribution in [0.1, 0.15) is 27.4 Å². The molecule has 1 aliphatic heterocycles. The predicted octanol–water partition coefficient (Wildman–Crippen LogP) is 2.02. The van der Waals surface area contributed by atoms with Crippen molar-refractivity contribution in [1.29, 1.82) is 0 Å². The van der Waals surface area contributed by atoms with Gasteiger partial charge in [0, 0.05) is 31.7 Å². The van der Waals surface area contributed by atoms with E-state index in [2.05, 4.69) is 6.07 Å². The largest absolute Gasteiger partial charge is 0.508 e. The van der Waals surface area contributed by atoms with Crippen LogP contribution in [0.25, 0.3) is 0 Å². The Morgan fingerprint density at radius 1 is 0.880 bits per heavy atom. The highest BCUT2D eigenvalue weighted by molar-refractivity contribution is 5.94. The number of hydrogen-bond donors (Lipinski definition) is 1. The molecule has 4 rings (SSSR count). The topological polar surface area (TPSA) is 60.9 Å². The zero-order chi connectivity index (χ0) is 17.4. The highest BCUT2D eigenvalue weighted by Gasteiger charge is 2.36. The van der Waals surface area contributed by atoms with Gasteiger partial charge in [-0.15, -0.1) is 0 Å². The molecule has 2 aliphatic rings. The van der Waals surface area contributed by atoms with Crippen LogP contribution in [-0.2, 0) is 11.2 Å². The predicted molar refractivity (Wildman–Crippen MR) is 93.5 cm³/mol. The zero-order valence-corrected chi connectivity index (χ0v) is 13.9. The molecule has 0 spiro atoms. The molecule has 0 aromatic heterocycles. The van der Waals surface area contributed by atoms with E-state index in [1.54, 1.807) is 17.0 Å². The lowest BCUT2D eigenvalue weighted by Crippen LogP contribution is -2.52. The van der Waals surface area contributed by atoms with E-state index in [4.69, 9.17) is 0 Å². The average Bonchev–Trinajstić information content (AvgIpc) is 2.63. The van der Waals surface area contributed by atoms with Crippen molar-refractivity contribution in [1.82, 2.24) is 9.80 Å². The summed E-state index contributed by atoms with van der Waals surface area (Å²) in [6, 6.07) is 14.4. The summed E-state index contributed by atoms with van der Waals surface area (Å²) < 4.78 is 0. The van der Waals surface area contributed by atoms with E-state index >= 15 is 0 Å². The zero-order valence-electron chi connectivity index (χ0n) is 13.9. The van der Waals surface area contributed by atoms with E-state index < -0.39 is 0 Å². The van der Waals surface area contributed by atoms with E-state index in [-0.39, 0.29) is 23.5 Å². The standard InChI is InChI=1S/C20H20N2O3/c23-16-7-5-14(6-8-16)19(24)21-9-11-22(12-10-21)20(25)18-13-15-3-1-2-4-17(15)18/h1-8,18,23H,9-13H2. The first-order valence-electron chi connectivity index (χ1n) is 8.58. The molecule has 1 unspecified atom stereocenters. The molecule has 0 radical (unpaired) electrons. The summed E-state index contributed by atoms with van der Waals surface area (Å²) >= 11 is 0. The third kappa shape index (κ3) is 2.86. The van der Waals surface area contributed by atoms with Crippen molar-refractivity contribution in [3.05, 3.63) is 65.2 Å². The first kappa shape index (κ1) is 15.7. The molecule has 1 heterocycles. The van der Waals surface area contributed by atoms with Crippen molar-refractivity contribution < 1.29 is 14.7 Å². The number of phenols is 1. The van der Waals surface area contributed by atoms with Gasteiger partial charge >= 0.3 is 0 Å². The SMILES string of the molecule is O=C(c1ccc(O)cc1)N1CCN(C(=O)C2Cc3ccccc32)CC1. The Hall–Kier alpha value is -2.82. The second-order valence-corrected chi connectivity index (χ2v) is 6.62. The maximum atomic E-state index is 12.7. The van der Waals surface area contributed by atoms with Crippen molar-refractivity contribution in [2.24, 2.45) is 0 Å². The minimum Gasteiger partial charge on any atom is -0.508 e. The lowest BCUT2D eigenvalue weighted by molar-refractivity contribution is -0.134. The van der Waals surface area contributed by atoms with Crippen LogP contribution in [0.2, 0.25) is 0 Å². The molecule has 2 aromatic rings. The number of carbonyl (C=O) groups is 2. The maximum Gasteiger partial charge on any atom is 0.253 e. The van der Waals surface area contributed by atoms with Crippen LogP contribution < -0.4 is 0 Å². The third-order valence-corrected chi connectivity index (χ3v) is 5.15. The van der Waals surface area contributed by atoms with Crippen LogP contribution in [0.15, 0.2) is 48.5 Å². The minimum absolute atomic E-state index is 0.0180. The number of carbonyl (C=O) groups excluding carboxylic acids is 2. The summed E-state index contributed by atoms with van der Waals surface area (Å²) in [4.78, 5) is 28.9. The second-order valence-electron chi connectivity index (χ2n) is 6.62. The summed E-state index contributed by atoms with van der Waals surface area (Å²) in [6.07, 6.45) is 0.821. The van der Waals surface area contributed by atoms with Gasteiger partial charge in [-0.05, 0) is 41.8 Å². The van der Waals surface area contributed by atoms with Crippen LogP contribution in [0.5, 0.6) is 5.75 Å². The van der Waals surface area contributed by atoms with Gasteiger partial charge in [-0.3, -0.25) is 9.59 Å². The van der Waals surface area contributed by atoms with Crippen LogP contribution in [0.4, 0.5) is 0 Å². The molecule has 1 N–H and O–H groups in total. The average molecular weight is 336 g/mol. The number of aromatic hydroxyl groups is 1. The third-order valence-electron chi connectivity index (χ3n) is 5.15. The highest BCUT2D eigenvalue weighted by Crippen LogP contribution is 2.36. The molecular formula is C20H20N2O3. The van der Waals surface area contributed by atoms with Crippen molar-refractivity contribution in [3.63, 3.8) is 0 Å². The van der Waals surface area contributed by atoms with Crippen molar-refractivity contribution in [3.8, 4) is 5.75 Å². The van der Waals surface area contributed by atoms with Gasteiger partial charge < -0.3 is 14.9 Å². The van der Waals surface area contributed by atoms with E-state index in [9.17, 15) is 14.7 Å². The molecule has 1 saturated heterocycles. The smallest absolute Gasteiger partial charge is 0.253 e. The maximum absolute atomic E-state index is 12.7. The van der Waals surface area contributed by atoms with E-state index in [1.807, 2.05) is 23.1 Å². The van der Waals surface area contributed by atoms with Gasteiger partial charge in [0.05, 0.1) is 5.92 Å². The van der Waals surface area contributed by atoms with Crippen LogP contribution in [-0.4, -0.2) is 52.9 Å². The van der Waals surface area contributed by atoms with Gasteiger partial charge in [0.2, 0.25) is 5.91 Å². The Labute approximate surface area is 146 Å². The van der Waals surface area contributed by atoms with Gasteiger partial charge in [-0.25, -0.2) is 0 Å². The molecule has 0 bridgehead atoms. The van der Waals surface area contributed by atoms with E-state index in [1.165, 1.54) is 17.7 Å². The summed E-state index contributed by atoms with van der Waals surface area (Å²) in [5.41, 5.74) is 2.97. The molecule has 1 fully saturated rings. The number of hydrogen-bond acceptors (Lipinski definition) is 3. The molecule has 128 valence electrons. The van der Waals surface area contributed by atoms with Crippen molar-refractivity contribution in [2.45, 2.75) is 12.3 Å². The first-order chi connectivity index (χ1) is 12.1. The van der Waals surface area contributed by atoms with Crippen LogP contribution in [0.3, 0.4) is 0 Å². The lowest BCUT2D eigenvalue weighted by Gasteiger charge is -2.39. The Morgan fingerprint density at radius 2 is 1.52 bits per heavy atom. The van der Waals surface area contributed by atoms with Crippen LogP contribution >= 0.6 is 0 Å². The fraction of sp³-hybridized carbons (Fsp3) is 0.300. The van der Waals surface area contributed by atoms with Gasteiger partial charge in [-0.2, -0.15) is 0 Å². The van der Waals surface area contributed by atoms with Crippen molar-refractivity contribution in [2.75, 3.05) is 26.2 Å². The Bertz CT molecular complexity index is 808. The number of phenolic OH excluding ortho intramolecular Hbond substituents is 1. The summed E-state index contributed by atoms with van der Waals surface area (Å²) in [5, 5.41) is 9.33. The fourth-order valence-electron chi connectivity index (χ4n) is 3.62. The normalized spacial score (nSPS) is 19.1. The van der Waals surface area contributed by atoms with Gasteiger partial charge in [0.1, 0.15) is 5.75 Å². The Kier molecular flexibility index (Phi) is 3.92. The quantitative estimate of drug-likeness (QED) is 0.913. The summed E-state index contributed by atoms with van der Waals surface area (Å²) in [7, 11) is 0. The lowest BCUT2D eigenvalue weighted by atomic mass is 9.77. The fourth-order valence-corrected chi connectivity index (χ4v) is 3.62. The molecule has 25 heavy (non-hydrogen) atoms. The highest BCUT2D eigenvalue weighted by atomic mass is 16.3. The monoisotopic (exact) mass is 336 g/mol. The Morgan fingerprint density at radius 3 is 2.20 bits per heavy atom. The van der Waals surface area contributed by atoms with Crippen LogP contribution in [0, 0.1) is 0 Å². The minimum atomic E-state index is -0.0545. The molecule has 2 amide bonds. The molecule has 1 aliphatic carbocycles. The first-order valence-corrected chi connectivity index (χ1v) is 8.58. The Balaban J connectivity index is 1.36. The van der Waals surface area contributed by atoms with Gasteiger partial charge in [0.15, 0.2) is 0 Å². The molecule has 0 saturated carbocycles. The van der Waals surface area contributed by atoms with Gasteiger partial charge in [-0.1, -0.05) is 24.3 Å². The van der Waals surface area contributed by atoms with E-state index in [0.717, 1.165) is 12.0 Å². The second kappa shape index (κ2) is 6.24. The number of benzene rings is 2. The molecule has 5 nitrogen and oxygen atoms in total. The number of fused-ring (bicyclic) bond motifs is 1. The molecule has 1 atom stereocenters. The van der Waals surface area contributed by atoms with E-state index in [0.29, 0.717) is 31.7 Å².